The highest BCUT2D eigenvalue weighted by molar-refractivity contribution is 7.91. The summed E-state index contributed by atoms with van der Waals surface area (Å²) in [5.74, 6) is 0.757. The number of aliphatic hydroxyl groups excluding tert-OH is 1. The molecule has 174 valence electrons. The lowest BCUT2D eigenvalue weighted by atomic mass is 10.0. The van der Waals surface area contributed by atoms with Crippen LogP contribution in [-0.4, -0.2) is 45.7 Å². The van der Waals surface area contributed by atoms with Crippen LogP contribution in [0.5, 0.6) is 11.5 Å². The van der Waals surface area contributed by atoms with Crippen LogP contribution in [0.3, 0.4) is 0 Å². The van der Waals surface area contributed by atoms with Crippen molar-refractivity contribution in [2.45, 2.75) is 23.0 Å². The van der Waals surface area contributed by atoms with Crippen LogP contribution in [0.15, 0.2) is 70.3 Å². The van der Waals surface area contributed by atoms with Gasteiger partial charge in [-0.3, -0.25) is 10.1 Å². The van der Waals surface area contributed by atoms with Gasteiger partial charge in [0.2, 0.25) is 12.7 Å². The number of ether oxygens (including phenoxy) is 2. The fourth-order valence-electron chi connectivity index (χ4n) is 3.37. The van der Waals surface area contributed by atoms with E-state index in [1.165, 1.54) is 11.0 Å². The van der Waals surface area contributed by atoms with Gasteiger partial charge in [0.25, 0.3) is 10.0 Å². The zero-order valence-corrected chi connectivity index (χ0v) is 19.3. The molecule has 3 N–H and O–H groups in total. The van der Waals surface area contributed by atoms with Crippen molar-refractivity contribution in [1.29, 1.82) is 0 Å². The second-order valence-electron chi connectivity index (χ2n) is 7.30. The van der Waals surface area contributed by atoms with Gasteiger partial charge < -0.3 is 19.5 Å². The molecule has 0 saturated carbocycles. The largest absolute Gasteiger partial charge is 0.454 e. The summed E-state index contributed by atoms with van der Waals surface area (Å²) in [4.78, 5) is 14.8. The van der Waals surface area contributed by atoms with E-state index in [2.05, 4.69) is 10.0 Å². The molecule has 2 aromatic carbocycles. The Morgan fingerprint density at radius 2 is 1.88 bits per heavy atom. The highest BCUT2D eigenvalue weighted by Crippen LogP contribution is 2.35. The molecule has 0 saturated heterocycles. The Kier molecular flexibility index (Phi) is 6.96. The van der Waals surface area contributed by atoms with Crippen LogP contribution in [0.1, 0.15) is 5.56 Å². The molecule has 1 aliphatic heterocycles. The quantitative estimate of drug-likeness (QED) is 0.393. The van der Waals surface area contributed by atoms with Gasteiger partial charge in [0.1, 0.15) is 4.21 Å². The normalized spacial score (nSPS) is 14.6. The van der Waals surface area contributed by atoms with Gasteiger partial charge in [-0.15, -0.1) is 11.3 Å². The number of carbonyl (C=O) groups excluding carboxylic acids is 1. The molecule has 1 aliphatic rings. The van der Waals surface area contributed by atoms with E-state index in [0.717, 1.165) is 16.9 Å². The Hall–Kier alpha value is -2.96. The fraction of sp³-hybridized carbons (Fsp3) is 0.227. The van der Waals surface area contributed by atoms with E-state index in [1.54, 1.807) is 36.7 Å². The summed E-state index contributed by atoms with van der Waals surface area (Å²) in [6.07, 6.45) is -1.45. The molecule has 2 heterocycles. The maximum Gasteiger partial charge on any atom is 0.253 e. The van der Waals surface area contributed by atoms with Crippen molar-refractivity contribution in [3.8, 4) is 11.5 Å². The first-order chi connectivity index (χ1) is 15.8. The van der Waals surface area contributed by atoms with Crippen LogP contribution in [0, 0.1) is 0 Å². The molecule has 1 amide bonds. The van der Waals surface area contributed by atoms with E-state index >= 15 is 0 Å². The fourth-order valence-corrected chi connectivity index (χ4v) is 5.37. The molecule has 2 atom stereocenters. The van der Waals surface area contributed by atoms with Crippen LogP contribution < -0.4 is 24.4 Å². The van der Waals surface area contributed by atoms with Crippen LogP contribution in [0.25, 0.3) is 0 Å². The number of hydrogen-bond acceptors (Lipinski definition) is 8. The number of nitrogens with zero attached hydrogens (tertiary/aromatic N) is 1. The maximum atomic E-state index is 13.4. The molecule has 33 heavy (non-hydrogen) atoms. The smallest absolute Gasteiger partial charge is 0.253 e. The zero-order chi connectivity index (χ0) is 23.4. The number of hydrogen-bond donors (Lipinski definition) is 3. The summed E-state index contributed by atoms with van der Waals surface area (Å²) in [5.41, 5.74) is 1.41. The highest BCUT2D eigenvalue weighted by Gasteiger charge is 2.28. The molecule has 0 bridgehead atoms. The van der Waals surface area contributed by atoms with E-state index < -0.39 is 22.4 Å². The Morgan fingerprint density at radius 1 is 1.12 bits per heavy atom. The molecule has 11 heteroatoms. The van der Waals surface area contributed by atoms with Crippen molar-refractivity contribution in [2.24, 2.45) is 0 Å². The van der Waals surface area contributed by atoms with Crippen LogP contribution >= 0.6 is 11.3 Å². The number of carbonyl (C=O) groups is 1. The van der Waals surface area contributed by atoms with E-state index in [0.29, 0.717) is 17.2 Å². The van der Waals surface area contributed by atoms with Gasteiger partial charge in [-0.25, -0.2) is 8.42 Å². The van der Waals surface area contributed by atoms with Crippen LogP contribution in [0.4, 0.5) is 5.69 Å². The highest BCUT2D eigenvalue weighted by atomic mass is 32.2. The Morgan fingerprint density at radius 3 is 2.61 bits per heavy atom. The van der Waals surface area contributed by atoms with E-state index in [9.17, 15) is 18.3 Å². The summed E-state index contributed by atoms with van der Waals surface area (Å²) in [6, 6.07) is 16.5. The number of aliphatic hydroxyl groups is 1. The molecule has 0 aliphatic carbocycles. The van der Waals surface area contributed by atoms with E-state index in [1.807, 2.05) is 30.3 Å². The Bertz CT molecular complexity index is 1200. The number of likely N-dealkylation sites (N-methyl/N-ethyl adjacent to an activating group) is 1. The summed E-state index contributed by atoms with van der Waals surface area (Å²) < 4.78 is 37.8. The minimum absolute atomic E-state index is 0.0618. The first kappa shape index (κ1) is 23.2. The topological polar surface area (TPSA) is 117 Å². The predicted octanol–water partition coefficient (Wildman–Crippen LogP) is 1.89. The lowest BCUT2D eigenvalue weighted by Gasteiger charge is -2.27. The number of thiophene rings is 1. The Labute approximate surface area is 195 Å². The maximum absolute atomic E-state index is 13.4. The first-order valence-corrected chi connectivity index (χ1v) is 12.4. The molecular weight excluding hydrogens is 466 g/mol. The first-order valence-electron chi connectivity index (χ1n) is 10.0. The SMILES string of the molecule is CN(C(=O)[C@H](Cc1ccccc1)NC(O)NS(=O)(=O)c1cccs1)c1ccc2c(c1)OCO2. The van der Waals surface area contributed by atoms with Gasteiger partial charge >= 0.3 is 0 Å². The molecule has 9 nitrogen and oxygen atoms in total. The molecule has 0 radical (unpaired) electrons. The third-order valence-electron chi connectivity index (χ3n) is 5.04. The molecule has 3 aromatic rings. The number of sulfonamides is 1. The third-order valence-corrected chi connectivity index (χ3v) is 7.85. The van der Waals surface area contributed by atoms with Gasteiger partial charge in [-0.2, -0.15) is 4.72 Å². The Balaban J connectivity index is 1.53. The monoisotopic (exact) mass is 489 g/mol. The zero-order valence-electron chi connectivity index (χ0n) is 17.7. The number of nitrogens with one attached hydrogen (secondary N) is 2. The molecule has 1 aromatic heterocycles. The van der Waals surface area contributed by atoms with Crippen molar-refractivity contribution >= 4 is 33.0 Å². The van der Waals surface area contributed by atoms with Gasteiger partial charge in [0.05, 0.1) is 6.04 Å². The predicted molar refractivity (Wildman–Crippen MR) is 124 cm³/mol. The lowest BCUT2D eigenvalue weighted by Crippen LogP contribution is -2.55. The summed E-state index contributed by atoms with van der Waals surface area (Å²) >= 11 is 1.02. The average Bonchev–Trinajstić information content (AvgIpc) is 3.50. The van der Waals surface area contributed by atoms with Gasteiger partial charge in [0.15, 0.2) is 17.9 Å². The minimum atomic E-state index is -3.94. The number of benzene rings is 2. The minimum Gasteiger partial charge on any atom is -0.454 e. The van der Waals surface area contributed by atoms with E-state index in [-0.39, 0.29) is 23.3 Å². The van der Waals surface area contributed by atoms with Crippen molar-refractivity contribution in [3.05, 3.63) is 71.6 Å². The van der Waals surface area contributed by atoms with Crippen molar-refractivity contribution in [3.63, 3.8) is 0 Å². The molecule has 1 unspecified atom stereocenters. The third kappa shape index (κ3) is 5.52. The van der Waals surface area contributed by atoms with Crippen LogP contribution in [-0.2, 0) is 21.2 Å². The van der Waals surface area contributed by atoms with Gasteiger partial charge in [-0.1, -0.05) is 36.4 Å². The van der Waals surface area contributed by atoms with Crippen molar-refractivity contribution < 1.29 is 27.8 Å². The number of fused-ring (bicyclic) bond motifs is 1. The average molecular weight is 490 g/mol. The number of amides is 1. The molecule has 0 spiro atoms. The molecule has 0 fully saturated rings. The van der Waals surface area contributed by atoms with Crippen LogP contribution in [0.2, 0.25) is 0 Å². The molecule has 4 rings (SSSR count). The second kappa shape index (κ2) is 9.89. The number of rotatable bonds is 9. The van der Waals surface area contributed by atoms with Gasteiger partial charge in [0, 0.05) is 18.8 Å². The lowest BCUT2D eigenvalue weighted by molar-refractivity contribution is -0.121. The van der Waals surface area contributed by atoms with E-state index in [4.69, 9.17) is 9.47 Å². The summed E-state index contributed by atoms with van der Waals surface area (Å²) in [5, 5.41) is 14.8. The standard InChI is InChI=1S/C22H23N3O6S2/c1-25(16-9-10-18-19(13-16)31-14-30-18)21(26)17(12-15-6-3-2-4-7-15)23-22(27)24-33(28,29)20-8-5-11-32-20/h2-11,13,17,22-24,27H,12,14H2,1H3/t17-,22?/m0/s1. The number of anilines is 1. The second-order valence-corrected chi connectivity index (χ2v) is 10.2. The molecular formula is C22H23N3O6S2. The van der Waals surface area contributed by atoms with Gasteiger partial charge in [-0.05, 0) is 35.6 Å². The summed E-state index contributed by atoms with van der Waals surface area (Å²) in [6.45, 7) is 0.116. The summed E-state index contributed by atoms with van der Waals surface area (Å²) in [7, 11) is -2.34. The van der Waals surface area contributed by atoms with Crippen molar-refractivity contribution in [2.75, 3.05) is 18.7 Å². The van der Waals surface area contributed by atoms with Crippen molar-refractivity contribution in [1.82, 2.24) is 10.0 Å².